The maximum atomic E-state index is 4.24. The highest BCUT2D eigenvalue weighted by atomic mass is 79.9. The van der Waals surface area contributed by atoms with E-state index in [4.69, 9.17) is 0 Å². The molecule has 0 saturated carbocycles. The fourth-order valence-electron chi connectivity index (χ4n) is 1.66. The lowest BCUT2D eigenvalue weighted by atomic mass is 10.2. The second kappa shape index (κ2) is 6.27. The summed E-state index contributed by atoms with van der Waals surface area (Å²) in [7, 11) is 0. The van der Waals surface area contributed by atoms with Gasteiger partial charge in [0.1, 0.15) is 0 Å². The molecular formula is C14H11BrN6. The van der Waals surface area contributed by atoms with Crippen LogP contribution in [0.25, 0.3) is 0 Å². The van der Waals surface area contributed by atoms with Crippen molar-refractivity contribution in [3.63, 3.8) is 0 Å². The van der Waals surface area contributed by atoms with Crippen LogP contribution in [0.4, 0.5) is 11.6 Å². The van der Waals surface area contributed by atoms with E-state index >= 15 is 0 Å². The number of hydrogen-bond acceptors (Lipinski definition) is 5. The van der Waals surface area contributed by atoms with Gasteiger partial charge in [0.15, 0.2) is 0 Å². The van der Waals surface area contributed by atoms with Crippen LogP contribution in [0.15, 0.2) is 64.2 Å². The number of hydrogen-bond donors (Lipinski definition) is 1. The van der Waals surface area contributed by atoms with Crippen molar-refractivity contribution in [3.05, 3.63) is 64.6 Å². The van der Waals surface area contributed by atoms with Crippen molar-refractivity contribution in [2.75, 3.05) is 5.32 Å². The molecule has 0 radical (unpaired) electrons. The van der Waals surface area contributed by atoms with E-state index in [-0.39, 0.29) is 0 Å². The monoisotopic (exact) mass is 342 g/mol. The van der Waals surface area contributed by atoms with Gasteiger partial charge in [-0.05, 0) is 40.3 Å². The Labute approximate surface area is 129 Å². The summed E-state index contributed by atoms with van der Waals surface area (Å²) in [5.41, 5.74) is 1.85. The van der Waals surface area contributed by atoms with Crippen LogP contribution in [0.1, 0.15) is 5.56 Å². The van der Waals surface area contributed by atoms with E-state index < -0.39 is 0 Å². The molecule has 2 aromatic carbocycles. The van der Waals surface area contributed by atoms with Crippen molar-refractivity contribution in [1.29, 1.82) is 0 Å². The van der Waals surface area contributed by atoms with E-state index in [0.29, 0.717) is 5.95 Å². The maximum absolute atomic E-state index is 4.24. The Morgan fingerprint density at radius 3 is 2.57 bits per heavy atom. The standard InChI is InChI=1S/C14H11BrN6/c15-12-8-6-11(7-9-12)10-16-21-14(18-19-20-21)17-13-4-2-1-3-5-13/h1-10H,(H,17,18,20). The van der Waals surface area contributed by atoms with Gasteiger partial charge in [-0.2, -0.15) is 5.10 Å². The third-order valence-electron chi connectivity index (χ3n) is 2.67. The Kier molecular flexibility index (Phi) is 4.02. The lowest BCUT2D eigenvalue weighted by Gasteiger charge is -2.02. The number of para-hydroxylation sites is 1. The van der Waals surface area contributed by atoms with Gasteiger partial charge in [-0.25, -0.2) is 0 Å². The van der Waals surface area contributed by atoms with Gasteiger partial charge < -0.3 is 5.32 Å². The molecule has 104 valence electrons. The molecule has 6 nitrogen and oxygen atoms in total. The zero-order valence-electron chi connectivity index (χ0n) is 10.9. The normalized spacial score (nSPS) is 10.9. The second-order valence-electron chi connectivity index (χ2n) is 4.18. The molecule has 21 heavy (non-hydrogen) atoms. The van der Waals surface area contributed by atoms with Gasteiger partial charge in [0.05, 0.1) is 6.21 Å². The first-order valence-electron chi connectivity index (χ1n) is 6.22. The van der Waals surface area contributed by atoms with Crippen molar-refractivity contribution in [2.45, 2.75) is 0 Å². The first kappa shape index (κ1) is 13.4. The zero-order chi connectivity index (χ0) is 14.5. The van der Waals surface area contributed by atoms with E-state index in [1.54, 1.807) is 6.21 Å². The molecule has 0 aliphatic carbocycles. The van der Waals surface area contributed by atoms with Crippen LogP contribution < -0.4 is 5.32 Å². The fraction of sp³-hybridized carbons (Fsp3) is 0. The van der Waals surface area contributed by atoms with Crippen LogP contribution in [0, 0.1) is 0 Å². The smallest absolute Gasteiger partial charge is 0.269 e. The van der Waals surface area contributed by atoms with E-state index in [9.17, 15) is 0 Å². The van der Waals surface area contributed by atoms with Crippen molar-refractivity contribution < 1.29 is 0 Å². The highest BCUT2D eigenvalue weighted by molar-refractivity contribution is 9.10. The molecule has 3 aromatic rings. The Bertz CT molecular complexity index is 736. The van der Waals surface area contributed by atoms with Crippen LogP contribution in [-0.4, -0.2) is 26.5 Å². The number of tetrazole rings is 1. The molecule has 0 atom stereocenters. The van der Waals surface area contributed by atoms with E-state index in [0.717, 1.165) is 15.7 Å². The SMILES string of the molecule is Brc1ccc(C=Nn2nnnc2Nc2ccccc2)cc1. The summed E-state index contributed by atoms with van der Waals surface area (Å²) in [5.74, 6) is 0.453. The maximum Gasteiger partial charge on any atom is 0.269 e. The molecule has 0 unspecified atom stereocenters. The molecular weight excluding hydrogens is 332 g/mol. The average molecular weight is 343 g/mol. The zero-order valence-corrected chi connectivity index (χ0v) is 12.5. The molecule has 7 heteroatoms. The first-order chi connectivity index (χ1) is 10.3. The number of nitrogens with zero attached hydrogens (tertiary/aromatic N) is 5. The van der Waals surface area contributed by atoms with Gasteiger partial charge in [0.2, 0.25) is 0 Å². The topological polar surface area (TPSA) is 68.0 Å². The summed E-state index contributed by atoms with van der Waals surface area (Å²) >= 11 is 3.39. The highest BCUT2D eigenvalue weighted by Crippen LogP contribution is 2.12. The van der Waals surface area contributed by atoms with E-state index in [1.165, 1.54) is 4.79 Å². The minimum atomic E-state index is 0.453. The summed E-state index contributed by atoms with van der Waals surface area (Å²) in [4.78, 5) is 1.34. The number of halogens is 1. The largest absolute Gasteiger partial charge is 0.321 e. The van der Waals surface area contributed by atoms with Gasteiger partial charge in [0, 0.05) is 10.2 Å². The van der Waals surface area contributed by atoms with E-state index in [1.807, 2.05) is 54.6 Å². The van der Waals surface area contributed by atoms with Gasteiger partial charge >= 0.3 is 0 Å². The third kappa shape index (κ3) is 3.51. The predicted molar refractivity (Wildman–Crippen MR) is 84.7 cm³/mol. The number of anilines is 2. The summed E-state index contributed by atoms with van der Waals surface area (Å²) in [6.07, 6.45) is 1.69. The van der Waals surface area contributed by atoms with Crippen LogP contribution >= 0.6 is 15.9 Å². The molecule has 1 heterocycles. The van der Waals surface area contributed by atoms with Crippen LogP contribution in [0.5, 0.6) is 0 Å². The minimum absolute atomic E-state index is 0.453. The van der Waals surface area contributed by atoms with Gasteiger partial charge in [-0.3, -0.25) is 0 Å². The molecule has 0 spiro atoms. The Hall–Kier alpha value is -2.54. The quantitative estimate of drug-likeness (QED) is 0.740. The van der Waals surface area contributed by atoms with Crippen LogP contribution in [0.2, 0.25) is 0 Å². The molecule has 0 bridgehead atoms. The summed E-state index contributed by atoms with van der Waals surface area (Å²) in [5, 5.41) is 18.7. The number of benzene rings is 2. The molecule has 0 aliphatic heterocycles. The molecule has 1 aromatic heterocycles. The Morgan fingerprint density at radius 2 is 1.81 bits per heavy atom. The summed E-state index contributed by atoms with van der Waals surface area (Å²) < 4.78 is 1.02. The number of nitrogens with one attached hydrogen (secondary N) is 1. The molecule has 0 fully saturated rings. The summed E-state index contributed by atoms with van der Waals surface area (Å²) in [6.45, 7) is 0. The highest BCUT2D eigenvalue weighted by Gasteiger charge is 2.04. The molecule has 0 amide bonds. The van der Waals surface area contributed by atoms with Crippen molar-refractivity contribution in [2.24, 2.45) is 5.10 Å². The lowest BCUT2D eigenvalue weighted by molar-refractivity contribution is 0.699. The Morgan fingerprint density at radius 1 is 1.05 bits per heavy atom. The fourth-order valence-corrected chi connectivity index (χ4v) is 1.92. The minimum Gasteiger partial charge on any atom is -0.321 e. The number of rotatable bonds is 4. The lowest BCUT2D eigenvalue weighted by Crippen LogP contribution is -2.01. The van der Waals surface area contributed by atoms with E-state index in [2.05, 4.69) is 41.9 Å². The van der Waals surface area contributed by atoms with Gasteiger partial charge in [-0.1, -0.05) is 56.2 Å². The molecule has 3 rings (SSSR count). The summed E-state index contributed by atoms with van der Waals surface area (Å²) in [6, 6.07) is 17.5. The molecule has 0 aliphatic rings. The van der Waals surface area contributed by atoms with Crippen molar-refractivity contribution in [1.82, 2.24) is 20.3 Å². The van der Waals surface area contributed by atoms with Crippen LogP contribution in [-0.2, 0) is 0 Å². The predicted octanol–water partition coefficient (Wildman–Crippen LogP) is 3.06. The third-order valence-corrected chi connectivity index (χ3v) is 3.20. The Balaban J connectivity index is 1.78. The molecule has 1 N–H and O–H groups in total. The second-order valence-corrected chi connectivity index (χ2v) is 5.09. The van der Waals surface area contributed by atoms with Crippen molar-refractivity contribution in [3.8, 4) is 0 Å². The number of aromatic nitrogens is 4. The van der Waals surface area contributed by atoms with Crippen LogP contribution in [0.3, 0.4) is 0 Å². The van der Waals surface area contributed by atoms with Gasteiger partial charge in [-0.15, -0.1) is 0 Å². The van der Waals surface area contributed by atoms with Gasteiger partial charge in [0.25, 0.3) is 5.95 Å². The first-order valence-corrected chi connectivity index (χ1v) is 7.01. The molecule has 0 saturated heterocycles. The average Bonchev–Trinajstić information content (AvgIpc) is 2.95. The van der Waals surface area contributed by atoms with Crippen molar-refractivity contribution >= 4 is 33.8 Å².